The molecule has 0 spiro atoms. The SMILES string of the molecule is N#CCN(CC#N)c1ncnc(Nc2ccc3c(c2)OCO3)c1[N+](=O)[O-]. The van der Waals surface area contributed by atoms with Crippen LogP contribution >= 0.6 is 0 Å². The number of hydrogen-bond acceptors (Lipinski definition) is 10. The molecule has 11 heteroatoms. The van der Waals surface area contributed by atoms with E-state index in [1.165, 1.54) is 4.90 Å². The molecule has 11 nitrogen and oxygen atoms in total. The maximum absolute atomic E-state index is 11.6. The molecule has 0 atom stereocenters. The predicted octanol–water partition coefficient (Wildman–Crippen LogP) is 1.71. The normalized spacial score (nSPS) is 11.3. The topological polar surface area (TPSA) is 150 Å². The van der Waals surface area contributed by atoms with Gasteiger partial charge in [0.25, 0.3) is 0 Å². The Labute approximate surface area is 147 Å². The van der Waals surface area contributed by atoms with Crippen LogP contribution in [0, 0.1) is 32.8 Å². The first kappa shape index (κ1) is 16.7. The second-order valence-electron chi connectivity index (χ2n) is 5.02. The molecule has 0 unspecified atom stereocenters. The van der Waals surface area contributed by atoms with Crippen molar-refractivity contribution in [3.63, 3.8) is 0 Å². The average Bonchev–Trinajstić information content (AvgIpc) is 3.09. The molecule has 2 aromatic rings. The Morgan fingerprint density at radius 2 is 1.96 bits per heavy atom. The van der Waals surface area contributed by atoms with E-state index in [0.717, 1.165) is 6.33 Å². The number of aromatic nitrogens is 2. The number of nitro groups is 1. The van der Waals surface area contributed by atoms with E-state index in [2.05, 4.69) is 15.3 Å². The Balaban J connectivity index is 1.99. The summed E-state index contributed by atoms with van der Waals surface area (Å²) in [5.41, 5.74) is 0.0600. The van der Waals surface area contributed by atoms with Gasteiger partial charge in [0.2, 0.25) is 18.4 Å². The first-order valence-electron chi connectivity index (χ1n) is 7.29. The van der Waals surface area contributed by atoms with Crippen LogP contribution in [-0.2, 0) is 0 Å². The molecule has 1 aromatic carbocycles. The summed E-state index contributed by atoms with van der Waals surface area (Å²) in [6.07, 6.45) is 1.12. The first-order valence-corrected chi connectivity index (χ1v) is 7.29. The van der Waals surface area contributed by atoms with Crippen LogP contribution in [0.3, 0.4) is 0 Å². The summed E-state index contributed by atoms with van der Waals surface area (Å²) in [6.45, 7) is -0.350. The third kappa shape index (κ3) is 3.22. The number of benzene rings is 1. The van der Waals surface area contributed by atoms with E-state index < -0.39 is 10.6 Å². The smallest absolute Gasteiger partial charge is 0.353 e. The summed E-state index contributed by atoms with van der Waals surface area (Å²) in [5, 5.41) is 32.2. The molecular weight excluding hydrogens is 342 g/mol. The fourth-order valence-corrected chi connectivity index (χ4v) is 2.35. The van der Waals surface area contributed by atoms with Gasteiger partial charge in [-0.15, -0.1) is 0 Å². The lowest BCUT2D eigenvalue weighted by Gasteiger charge is -2.17. The van der Waals surface area contributed by atoms with E-state index in [1.54, 1.807) is 18.2 Å². The van der Waals surface area contributed by atoms with Gasteiger partial charge in [0, 0.05) is 11.8 Å². The molecule has 130 valence electrons. The lowest BCUT2D eigenvalue weighted by atomic mass is 10.2. The third-order valence-electron chi connectivity index (χ3n) is 3.44. The van der Waals surface area contributed by atoms with Crippen LogP contribution in [0.4, 0.5) is 23.0 Å². The zero-order chi connectivity index (χ0) is 18.5. The molecule has 1 aliphatic rings. The fraction of sp³-hybridized carbons (Fsp3) is 0.200. The highest BCUT2D eigenvalue weighted by Gasteiger charge is 2.27. The van der Waals surface area contributed by atoms with Crippen molar-refractivity contribution in [3.05, 3.63) is 34.6 Å². The summed E-state index contributed by atoms with van der Waals surface area (Å²) in [5.74, 6) is 0.890. The molecule has 0 amide bonds. The van der Waals surface area contributed by atoms with Crippen molar-refractivity contribution in [1.29, 1.82) is 10.5 Å². The van der Waals surface area contributed by atoms with E-state index in [1.807, 2.05) is 12.1 Å². The van der Waals surface area contributed by atoms with Crippen LogP contribution in [0.1, 0.15) is 0 Å². The molecule has 3 rings (SSSR count). The van der Waals surface area contributed by atoms with Crippen molar-refractivity contribution in [1.82, 2.24) is 9.97 Å². The number of anilines is 3. The van der Waals surface area contributed by atoms with Crippen molar-refractivity contribution in [2.24, 2.45) is 0 Å². The minimum absolute atomic E-state index is 0.0697. The number of rotatable bonds is 6. The van der Waals surface area contributed by atoms with Crippen molar-refractivity contribution in [3.8, 4) is 23.6 Å². The molecule has 2 heterocycles. The molecule has 0 radical (unpaired) electrons. The number of nitriles is 2. The van der Waals surface area contributed by atoms with Crippen molar-refractivity contribution in [2.75, 3.05) is 30.1 Å². The van der Waals surface area contributed by atoms with E-state index >= 15 is 0 Å². The highest BCUT2D eigenvalue weighted by Crippen LogP contribution is 2.37. The van der Waals surface area contributed by atoms with Crippen LogP contribution in [0.25, 0.3) is 0 Å². The minimum atomic E-state index is -0.660. The number of nitrogens with one attached hydrogen (secondary N) is 1. The first-order chi connectivity index (χ1) is 12.6. The highest BCUT2D eigenvalue weighted by atomic mass is 16.7. The number of hydrogen-bond donors (Lipinski definition) is 1. The van der Waals surface area contributed by atoms with Crippen LogP contribution in [-0.4, -0.2) is 34.8 Å². The summed E-state index contributed by atoms with van der Waals surface area (Å²) in [7, 11) is 0. The van der Waals surface area contributed by atoms with E-state index in [-0.39, 0.29) is 31.5 Å². The second-order valence-corrected chi connectivity index (χ2v) is 5.02. The Morgan fingerprint density at radius 3 is 2.65 bits per heavy atom. The van der Waals surface area contributed by atoms with Gasteiger partial charge in [-0.2, -0.15) is 10.5 Å². The minimum Gasteiger partial charge on any atom is -0.454 e. The van der Waals surface area contributed by atoms with Gasteiger partial charge >= 0.3 is 5.69 Å². The lowest BCUT2D eigenvalue weighted by molar-refractivity contribution is -0.383. The van der Waals surface area contributed by atoms with Gasteiger partial charge < -0.3 is 19.7 Å². The van der Waals surface area contributed by atoms with Crippen molar-refractivity contribution in [2.45, 2.75) is 0 Å². The largest absolute Gasteiger partial charge is 0.454 e. The van der Waals surface area contributed by atoms with Gasteiger partial charge in [-0.1, -0.05) is 0 Å². The average molecular weight is 353 g/mol. The van der Waals surface area contributed by atoms with Gasteiger partial charge in [0.15, 0.2) is 11.5 Å². The second kappa shape index (κ2) is 7.19. The third-order valence-corrected chi connectivity index (χ3v) is 3.44. The Kier molecular flexibility index (Phi) is 4.63. The molecule has 0 bridgehead atoms. The molecule has 1 aliphatic heterocycles. The molecule has 0 saturated carbocycles. The summed E-state index contributed by atoms with van der Waals surface area (Å²) >= 11 is 0. The zero-order valence-electron chi connectivity index (χ0n) is 13.2. The molecule has 0 saturated heterocycles. The highest BCUT2D eigenvalue weighted by molar-refractivity contribution is 5.75. The van der Waals surface area contributed by atoms with Crippen LogP contribution in [0.15, 0.2) is 24.5 Å². The monoisotopic (exact) mass is 353 g/mol. The fourth-order valence-electron chi connectivity index (χ4n) is 2.35. The van der Waals surface area contributed by atoms with Gasteiger partial charge in [0.05, 0.1) is 17.1 Å². The molecule has 26 heavy (non-hydrogen) atoms. The number of fused-ring (bicyclic) bond motifs is 1. The molecule has 0 aliphatic carbocycles. The quantitative estimate of drug-likeness (QED) is 0.461. The lowest BCUT2D eigenvalue weighted by Crippen LogP contribution is -2.26. The van der Waals surface area contributed by atoms with Crippen LogP contribution < -0.4 is 19.7 Å². The van der Waals surface area contributed by atoms with Crippen molar-refractivity contribution < 1.29 is 14.4 Å². The standard InChI is InChI=1S/C15H11N7O4/c16-3-5-21(6-4-17)15-13(22(23)24)14(18-8-19-15)20-10-1-2-11-12(7-10)26-9-25-11/h1-2,7-8H,5-6,9H2,(H,18,19,20). The summed E-state index contributed by atoms with van der Waals surface area (Å²) in [4.78, 5) is 19.9. The van der Waals surface area contributed by atoms with Crippen LogP contribution in [0.2, 0.25) is 0 Å². The van der Waals surface area contributed by atoms with E-state index in [4.69, 9.17) is 20.0 Å². The van der Waals surface area contributed by atoms with E-state index in [9.17, 15) is 10.1 Å². The van der Waals surface area contributed by atoms with Gasteiger partial charge in [0.1, 0.15) is 19.4 Å². The molecule has 1 aromatic heterocycles. The predicted molar refractivity (Wildman–Crippen MR) is 88.0 cm³/mol. The Hall–Kier alpha value is -4.12. The van der Waals surface area contributed by atoms with Crippen LogP contribution in [0.5, 0.6) is 11.5 Å². The Morgan fingerprint density at radius 1 is 1.23 bits per heavy atom. The maximum atomic E-state index is 11.6. The number of nitrogens with zero attached hydrogens (tertiary/aromatic N) is 6. The Bertz CT molecular complexity index is 919. The molecule has 0 fully saturated rings. The summed E-state index contributed by atoms with van der Waals surface area (Å²) in [6, 6.07) is 8.65. The van der Waals surface area contributed by atoms with Gasteiger partial charge in [-0.05, 0) is 12.1 Å². The van der Waals surface area contributed by atoms with E-state index in [0.29, 0.717) is 17.2 Å². The number of ether oxygens (including phenoxy) is 2. The van der Waals surface area contributed by atoms with Gasteiger partial charge in [-0.25, -0.2) is 9.97 Å². The molecule has 1 N–H and O–H groups in total. The van der Waals surface area contributed by atoms with Gasteiger partial charge in [-0.3, -0.25) is 10.1 Å². The maximum Gasteiger partial charge on any atom is 0.353 e. The zero-order valence-corrected chi connectivity index (χ0v) is 13.2. The summed E-state index contributed by atoms with van der Waals surface area (Å²) < 4.78 is 10.5. The molecular formula is C15H11N7O4. The van der Waals surface area contributed by atoms with Crippen molar-refractivity contribution >= 4 is 23.0 Å².